The number of rotatable bonds is 6. The smallest absolute Gasteiger partial charge is 0.267 e. The maximum atomic E-state index is 12.7. The highest BCUT2D eigenvalue weighted by molar-refractivity contribution is 7.13. The maximum absolute atomic E-state index is 12.7. The number of piperazine rings is 1. The highest BCUT2D eigenvalue weighted by Gasteiger charge is 2.21. The second-order valence-corrected chi connectivity index (χ2v) is 8.10. The molecule has 0 unspecified atom stereocenters. The predicted octanol–water partition coefficient (Wildman–Crippen LogP) is 2.36. The van der Waals surface area contributed by atoms with Crippen molar-refractivity contribution in [1.29, 1.82) is 0 Å². The maximum Gasteiger partial charge on any atom is 0.267 e. The molecule has 1 aliphatic heterocycles. The summed E-state index contributed by atoms with van der Waals surface area (Å²) in [6, 6.07) is 17.5. The zero-order valence-electron chi connectivity index (χ0n) is 16.2. The summed E-state index contributed by atoms with van der Waals surface area (Å²) in [7, 11) is 0. The molecule has 4 rings (SSSR count). The Balaban J connectivity index is 1.31. The standard InChI is InChI=1S/C22H24N4O2S/c27-21-9-8-19(20-7-4-16-29-20)23-26(21)17-22(28)25-14-12-24(13-15-25)11-10-18-5-2-1-3-6-18/h1-9,16H,10-15,17H2. The van der Waals surface area contributed by atoms with Gasteiger partial charge in [0.1, 0.15) is 12.2 Å². The summed E-state index contributed by atoms with van der Waals surface area (Å²) in [6.45, 7) is 4.07. The highest BCUT2D eigenvalue weighted by atomic mass is 32.1. The molecular formula is C22H24N4O2S. The van der Waals surface area contributed by atoms with Crippen LogP contribution in [0.25, 0.3) is 10.6 Å². The third-order valence-electron chi connectivity index (χ3n) is 5.21. The molecule has 1 amide bonds. The monoisotopic (exact) mass is 408 g/mol. The lowest BCUT2D eigenvalue weighted by atomic mass is 10.1. The van der Waals surface area contributed by atoms with Crippen LogP contribution in [0.15, 0.2) is 64.8 Å². The number of benzene rings is 1. The van der Waals surface area contributed by atoms with Crippen LogP contribution in [0.2, 0.25) is 0 Å². The molecule has 0 saturated carbocycles. The molecule has 1 fully saturated rings. The van der Waals surface area contributed by atoms with E-state index in [2.05, 4.69) is 34.3 Å². The van der Waals surface area contributed by atoms with E-state index in [4.69, 9.17) is 0 Å². The first kappa shape index (κ1) is 19.5. The molecular weight excluding hydrogens is 384 g/mol. The molecule has 29 heavy (non-hydrogen) atoms. The predicted molar refractivity (Wildman–Crippen MR) is 115 cm³/mol. The largest absolute Gasteiger partial charge is 0.339 e. The Labute approximate surface area is 174 Å². The molecule has 0 atom stereocenters. The van der Waals surface area contributed by atoms with Gasteiger partial charge in [-0.2, -0.15) is 5.10 Å². The third-order valence-corrected chi connectivity index (χ3v) is 6.10. The summed E-state index contributed by atoms with van der Waals surface area (Å²) in [4.78, 5) is 30.1. The molecule has 1 saturated heterocycles. The van der Waals surface area contributed by atoms with Gasteiger partial charge in [0.15, 0.2) is 0 Å². The number of aromatic nitrogens is 2. The van der Waals surface area contributed by atoms with Gasteiger partial charge >= 0.3 is 0 Å². The number of carbonyl (C=O) groups is 1. The Morgan fingerprint density at radius 2 is 1.76 bits per heavy atom. The molecule has 1 aliphatic rings. The summed E-state index contributed by atoms with van der Waals surface area (Å²) in [5.74, 6) is -0.0503. The van der Waals surface area contributed by atoms with Crippen LogP contribution in [0.4, 0.5) is 0 Å². The van der Waals surface area contributed by atoms with Gasteiger partial charge in [0, 0.05) is 38.8 Å². The van der Waals surface area contributed by atoms with Gasteiger partial charge in [-0.25, -0.2) is 4.68 Å². The van der Waals surface area contributed by atoms with Crippen LogP contribution in [-0.2, 0) is 17.8 Å². The molecule has 6 nitrogen and oxygen atoms in total. The first-order valence-electron chi connectivity index (χ1n) is 9.85. The van der Waals surface area contributed by atoms with E-state index in [1.807, 2.05) is 28.5 Å². The Morgan fingerprint density at radius 3 is 2.48 bits per heavy atom. The van der Waals surface area contributed by atoms with Crippen molar-refractivity contribution in [1.82, 2.24) is 19.6 Å². The normalized spacial score (nSPS) is 14.8. The van der Waals surface area contributed by atoms with Gasteiger partial charge in [-0.3, -0.25) is 14.5 Å². The molecule has 2 aromatic heterocycles. The summed E-state index contributed by atoms with van der Waals surface area (Å²) < 4.78 is 1.28. The van der Waals surface area contributed by atoms with E-state index < -0.39 is 0 Å². The molecule has 7 heteroatoms. The lowest BCUT2D eigenvalue weighted by Crippen LogP contribution is -2.50. The molecule has 3 heterocycles. The van der Waals surface area contributed by atoms with Gasteiger partial charge in [0.25, 0.3) is 5.56 Å². The van der Waals surface area contributed by atoms with Crippen molar-refractivity contribution >= 4 is 17.2 Å². The van der Waals surface area contributed by atoms with Crippen molar-refractivity contribution < 1.29 is 4.79 Å². The summed E-state index contributed by atoms with van der Waals surface area (Å²) in [5, 5.41) is 6.35. The van der Waals surface area contributed by atoms with Crippen LogP contribution in [0.5, 0.6) is 0 Å². The average molecular weight is 409 g/mol. The molecule has 3 aromatic rings. The fraction of sp³-hybridized carbons (Fsp3) is 0.318. The summed E-state index contributed by atoms with van der Waals surface area (Å²) >= 11 is 1.56. The lowest BCUT2D eigenvalue weighted by molar-refractivity contribution is -0.133. The van der Waals surface area contributed by atoms with Crippen molar-refractivity contribution in [2.24, 2.45) is 0 Å². The van der Waals surface area contributed by atoms with Crippen molar-refractivity contribution in [2.45, 2.75) is 13.0 Å². The Morgan fingerprint density at radius 1 is 0.966 bits per heavy atom. The molecule has 0 spiro atoms. The SMILES string of the molecule is O=C(Cn1nc(-c2cccs2)ccc1=O)N1CCN(CCc2ccccc2)CC1. The first-order valence-corrected chi connectivity index (χ1v) is 10.7. The Hall–Kier alpha value is -2.77. The molecule has 0 aliphatic carbocycles. The van der Waals surface area contributed by atoms with E-state index in [-0.39, 0.29) is 18.0 Å². The van der Waals surface area contributed by atoms with Gasteiger partial charge in [-0.15, -0.1) is 11.3 Å². The van der Waals surface area contributed by atoms with Gasteiger partial charge in [-0.05, 0) is 29.5 Å². The van der Waals surface area contributed by atoms with E-state index in [1.165, 1.54) is 16.3 Å². The fourth-order valence-electron chi connectivity index (χ4n) is 3.50. The quantitative estimate of drug-likeness (QED) is 0.628. The zero-order valence-corrected chi connectivity index (χ0v) is 17.1. The second kappa shape index (κ2) is 9.15. The van der Waals surface area contributed by atoms with Crippen molar-refractivity contribution in [3.63, 3.8) is 0 Å². The molecule has 150 valence electrons. The van der Waals surface area contributed by atoms with E-state index in [1.54, 1.807) is 17.4 Å². The molecule has 0 bridgehead atoms. The fourth-order valence-corrected chi connectivity index (χ4v) is 4.19. The lowest BCUT2D eigenvalue weighted by Gasteiger charge is -2.34. The van der Waals surface area contributed by atoms with Crippen molar-refractivity contribution in [3.8, 4) is 10.6 Å². The van der Waals surface area contributed by atoms with Gasteiger partial charge in [0.05, 0.1) is 4.88 Å². The number of amides is 1. The topological polar surface area (TPSA) is 58.4 Å². The number of hydrogen-bond acceptors (Lipinski definition) is 5. The van der Waals surface area contributed by atoms with Gasteiger partial charge in [0.2, 0.25) is 5.91 Å². The van der Waals surface area contributed by atoms with Gasteiger partial charge in [-0.1, -0.05) is 36.4 Å². The Kier molecular flexibility index (Phi) is 6.17. The molecule has 0 radical (unpaired) electrons. The minimum atomic E-state index is -0.250. The summed E-state index contributed by atoms with van der Waals surface area (Å²) in [6.07, 6.45) is 1.02. The van der Waals surface area contributed by atoms with Crippen LogP contribution < -0.4 is 5.56 Å². The minimum Gasteiger partial charge on any atom is -0.339 e. The number of carbonyl (C=O) groups excluding carboxylic acids is 1. The Bertz CT molecular complexity index is 993. The van der Waals surface area contributed by atoms with E-state index in [9.17, 15) is 9.59 Å². The molecule has 1 aromatic carbocycles. The van der Waals surface area contributed by atoms with Gasteiger partial charge < -0.3 is 4.90 Å². The van der Waals surface area contributed by atoms with Crippen LogP contribution >= 0.6 is 11.3 Å². The minimum absolute atomic E-state index is 0.0118. The van der Waals surface area contributed by atoms with E-state index >= 15 is 0 Å². The first-order chi connectivity index (χ1) is 14.2. The van der Waals surface area contributed by atoms with Crippen molar-refractivity contribution in [3.05, 3.63) is 75.9 Å². The van der Waals surface area contributed by atoms with Crippen LogP contribution in [-0.4, -0.2) is 58.2 Å². The summed E-state index contributed by atoms with van der Waals surface area (Å²) in [5.41, 5.74) is 1.81. The number of hydrogen-bond donors (Lipinski definition) is 0. The van der Waals surface area contributed by atoms with E-state index in [0.717, 1.165) is 36.6 Å². The van der Waals surface area contributed by atoms with E-state index in [0.29, 0.717) is 13.1 Å². The number of nitrogens with zero attached hydrogens (tertiary/aromatic N) is 4. The molecule has 0 N–H and O–H groups in total. The second-order valence-electron chi connectivity index (χ2n) is 7.15. The van der Waals surface area contributed by atoms with Crippen molar-refractivity contribution in [2.75, 3.05) is 32.7 Å². The van der Waals surface area contributed by atoms with Crippen LogP contribution in [0.1, 0.15) is 5.56 Å². The van der Waals surface area contributed by atoms with Crippen LogP contribution in [0.3, 0.4) is 0 Å². The average Bonchev–Trinajstić information content (AvgIpc) is 3.30. The highest BCUT2D eigenvalue weighted by Crippen LogP contribution is 2.21. The van der Waals surface area contributed by atoms with Crippen LogP contribution in [0, 0.1) is 0 Å². The number of thiophene rings is 1. The third kappa shape index (κ3) is 4.99. The zero-order chi connectivity index (χ0) is 20.1.